The molecular weight excluding hydrogens is 467 g/mol. The van der Waals surface area contributed by atoms with Crippen molar-refractivity contribution < 1.29 is 22.8 Å². The lowest BCUT2D eigenvalue weighted by Gasteiger charge is -2.39. The topological polar surface area (TPSA) is 52.7 Å². The molecule has 2 aromatic rings. The number of amides is 1. The van der Waals surface area contributed by atoms with Gasteiger partial charge in [0.15, 0.2) is 5.78 Å². The van der Waals surface area contributed by atoms with Crippen molar-refractivity contribution in [2.24, 2.45) is 0 Å². The number of nitrogens with zero attached hydrogens (tertiary/aromatic N) is 2. The molecule has 0 spiro atoms. The Morgan fingerprint density at radius 1 is 0.972 bits per heavy atom. The molecule has 0 atom stereocenters. The predicted octanol–water partition coefficient (Wildman–Crippen LogP) is 4.39. The van der Waals surface area contributed by atoms with E-state index in [4.69, 9.17) is 0 Å². The smallest absolute Gasteiger partial charge is 0.332 e. The number of nitrogens with one attached hydrogen (secondary N) is 1. The number of hydrogen-bond acceptors (Lipinski definition) is 4. The monoisotopic (exact) mass is 501 g/mol. The number of carbonyl (C=O) groups excluding carboxylic acids is 2. The highest BCUT2D eigenvalue weighted by atomic mass is 19.4. The van der Waals surface area contributed by atoms with Gasteiger partial charge >= 0.3 is 12.1 Å². The van der Waals surface area contributed by atoms with Crippen LogP contribution in [0.3, 0.4) is 0 Å². The van der Waals surface area contributed by atoms with E-state index in [2.05, 4.69) is 10.2 Å². The van der Waals surface area contributed by atoms with E-state index in [0.717, 1.165) is 48.5 Å². The molecule has 2 heterocycles. The van der Waals surface area contributed by atoms with Crippen LogP contribution in [0.2, 0.25) is 0 Å². The highest BCUT2D eigenvalue weighted by Gasteiger charge is 2.44. The second-order valence-corrected chi connectivity index (χ2v) is 9.75. The summed E-state index contributed by atoms with van der Waals surface area (Å²) < 4.78 is 40.2. The van der Waals surface area contributed by atoms with Crippen molar-refractivity contribution >= 4 is 11.7 Å². The van der Waals surface area contributed by atoms with E-state index in [1.54, 1.807) is 0 Å². The molecule has 36 heavy (non-hydrogen) atoms. The number of alkyl halides is 3. The number of likely N-dealkylation sites (tertiary alicyclic amines) is 1. The molecule has 5 nitrogen and oxygen atoms in total. The molecule has 1 N–H and O–H groups in total. The van der Waals surface area contributed by atoms with Crippen LogP contribution < -0.4 is 5.32 Å². The Morgan fingerprint density at radius 2 is 1.67 bits per heavy atom. The minimum absolute atomic E-state index is 0.0672. The van der Waals surface area contributed by atoms with Crippen LogP contribution in [0.5, 0.6) is 0 Å². The summed E-state index contributed by atoms with van der Waals surface area (Å²) >= 11 is 0. The Hall–Kier alpha value is -2.71. The molecule has 0 radical (unpaired) electrons. The van der Waals surface area contributed by atoms with Gasteiger partial charge in [0, 0.05) is 44.2 Å². The Kier molecular flexibility index (Phi) is 8.80. The second kappa shape index (κ2) is 12.0. The molecule has 1 fully saturated rings. The summed E-state index contributed by atoms with van der Waals surface area (Å²) in [5.41, 5.74) is 4.14. The van der Waals surface area contributed by atoms with E-state index < -0.39 is 18.1 Å². The first-order valence-corrected chi connectivity index (χ1v) is 12.8. The van der Waals surface area contributed by atoms with Gasteiger partial charge in [0.25, 0.3) is 0 Å². The molecule has 2 aromatic carbocycles. The minimum atomic E-state index is -4.92. The van der Waals surface area contributed by atoms with E-state index in [0.29, 0.717) is 31.5 Å². The number of fused-ring (bicyclic) bond motifs is 1. The van der Waals surface area contributed by atoms with Crippen molar-refractivity contribution in [3.63, 3.8) is 0 Å². The zero-order valence-electron chi connectivity index (χ0n) is 20.5. The molecule has 8 heteroatoms. The van der Waals surface area contributed by atoms with Crippen molar-refractivity contribution in [1.29, 1.82) is 0 Å². The van der Waals surface area contributed by atoms with Gasteiger partial charge in [-0.25, -0.2) is 0 Å². The third-order valence-corrected chi connectivity index (χ3v) is 7.22. The summed E-state index contributed by atoms with van der Waals surface area (Å²) in [5.74, 6) is -1.89. The maximum atomic E-state index is 13.4. The lowest BCUT2D eigenvalue weighted by molar-refractivity contribution is -0.188. The first-order valence-electron chi connectivity index (χ1n) is 12.8. The van der Waals surface area contributed by atoms with Gasteiger partial charge in [-0.15, -0.1) is 0 Å². The van der Waals surface area contributed by atoms with Crippen LogP contribution in [0.4, 0.5) is 13.2 Å². The van der Waals surface area contributed by atoms with Crippen molar-refractivity contribution in [3.05, 3.63) is 70.8 Å². The van der Waals surface area contributed by atoms with Gasteiger partial charge in [-0.05, 0) is 68.0 Å². The van der Waals surface area contributed by atoms with E-state index >= 15 is 0 Å². The first kappa shape index (κ1) is 26.4. The van der Waals surface area contributed by atoms with Crippen LogP contribution in [0, 0.1) is 0 Å². The van der Waals surface area contributed by atoms with Gasteiger partial charge in [0.05, 0.1) is 0 Å². The third kappa shape index (κ3) is 6.95. The molecule has 0 aliphatic carbocycles. The maximum Gasteiger partial charge on any atom is 0.471 e. The fourth-order valence-electron chi connectivity index (χ4n) is 5.24. The van der Waals surface area contributed by atoms with Gasteiger partial charge in [-0.1, -0.05) is 42.5 Å². The van der Waals surface area contributed by atoms with Gasteiger partial charge in [0.2, 0.25) is 0 Å². The number of benzene rings is 2. The van der Waals surface area contributed by atoms with E-state index in [1.165, 1.54) is 5.56 Å². The van der Waals surface area contributed by atoms with Gasteiger partial charge in [0.1, 0.15) is 0 Å². The van der Waals surface area contributed by atoms with Crippen molar-refractivity contribution in [2.45, 2.75) is 57.3 Å². The molecular formula is C28H34F3N3O2. The molecule has 4 rings (SSSR count). The molecule has 0 unspecified atom stereocenters. The predicted molar refractivity (Wildman–Crippen MR) is 133 cm³/mol. The highest BCUT2D eigenvalue weighted by Crippen LogP contribution is 2.26. The SMILES string of the molecule is O=C(CCCN(C(=O)C(F)(F)F)C1CCN(Cc2ccccc2)CC1)c1ccc2c(c1)CCNCC2. The summed E-state index contributed by atoms with van der Waals surface area (Å²) in [5, 5.41) is 3.34. The Bertz CT molecular complexity index is 1030. The zero-order chi connectivity index (χ0) is 25.5. The number of carbonyl (C=O) groups is 2. The average molecular weight is 502 g/mol. The van der Waals surface area contributed by atoms with Crippen molar-refractivity contribution in [1.82, 2.24) is 15.1 Å². The molecule has 0 saturated carbocycles. The molecule has 1 amide bonds. The molecule has 2 aliphatic rings. The van der Waals surface area contributed by atoms with Crippen LogP contribution in [0.25, 0.3) is 0 Å². The molecule has 1 saturated heterocycles. The van der Waals surface area contributed by atoms with Crippen LogP contribution in [0.15, 0.2) is 48.5 Å². The molecule has 0 aromatic heterocycles. The van der Waals surface area contributed by atoms with Gasteiger partial charge < -0.3 is 10.2 Å². The fraction of sp³-hybridized carbons (Fsp3) is 0.500. The number of Topliss-reactive ketones (excluding diaryl/α,β-unsaturated/α-hetero) is 1. The lowest BCUT2D eigenvalue weighted by Crippen LogP contribution is -2.51. The standard InChI is InChI=1S/C28H34F3N3O2/c29-28(30,31)27(36)34(25-12-17-33(18-13-25)20-21-5-2-1-3-6-21)16-4-7-26(35)24-9-8-22-10-14-32-15-11-23(22)19-24/h1-3,5-6,8-9,19,25,32H,4,7,10-18,20H2. The number of hydrogen-bond donors (Lipinski definition) is 1. The summed E-state index contributed by atoms with van der Waals surface area (Å²) in [4.78, 5) is 28.3. The summed E-state index contributed by atoms with van der Waals surface area (Å²) in [7, 11) is 0. The lowest BCUT2D eigenvalue weighted by atomic mass is 9.96. The van der Waals surface area contributed by atoms with Crippen molar-refractivity contribution in [3.8, 4) is 0 Å². The Labute approximate surface area is 210 Å². The van der Waals surface area contributed by atoms with Crippen LogP contribution in [-0.2, 0) is 24.2 Å². The average Bonchev–Trinajstić information content (AvgIpc) is 3.12. The normalized spacial score (nSPS) is 17.3. The van der Waals surface area contributed by atoms with Crippen LogP contribution >= 0.6 is 0 Å². The quantitative estimate of drug-likeness (QED) is 0.545. The Morgan fingerprint density at radius 3 is 2.36 bits per heavy atom. The zero-order valence-corrected chi connectivity index (χ0v) is 20.5. The van der Waals surface area contributed by atoms with Gasteiger partial charge in [-0.3, -0.25) is 14.5 Å². The van der Waals surface area contributed by atoms with Crippen molar-refractivity contribution in [2.75, 3.05) is 32.7 Å². The summed E-state index contributed by atoms with van der Waals surface area (Å²) in [6.45, 7) is 3.71. The summed E-state index contributed by atoms with van der Waals surface area (Å²) in [6, 6.07) is 15.2. The van der Waals surface area contributed by atoms with E-state index in [9.17, 15) is 22.8 Å². The molecule has 2 aliphatic heterocycles. The second-order valence-electron chi connectivity index (χ2n) is 9.75. The van der Waals surface area contributed by atoms with Gasteiger partial charge in [-0.2, -0.15) is 13.2 Å². The van der Waals surface area contributed by atoms with Crippen LogP contribution in [-0.4, -0.2) is 66.4 Å². The third-order valence-electron chi connectivity index (χ3n) is 7.22. The Balaban J connectivity index is 1.33. The van der Waals surface area contributed by atoms with E-state index in [1.807, 2.05) is 48.5 Å². The molecule has 0 bridgehead atoms. The molecule has 194 valence electrons. The van der Waals surface area contributed by atoms with Crippen LogP contribution in [0.1, 0.15) is 52.7 Å². The van der Waals surface area contributed by atoms with E-state index in [-0.39, 0.29) is 25.2 Å². The highest BCUT2D eigenvalue weighted by molar-refractivity contribution is 5.96. The number of rotatable bonds is 8. The fourth-order valence-corrected chi connectivity index (χ4v) is 5.24. The first-order chi connectivity index (χ1) is 17.3. The number of piperidine rings is 1. The largest absolute Gasteiger partial charge is 0.471 e. The maximum absolute atomic E-state index is 13.4. The number of halogens is 3. The summed E-state index contributed by atoms with van der Waals surface area (Å²) in [6.07, 6.45) is -1.84. The number of ketones is 1. The minimum Gasteiger partial charge on any atom is -0.332 e.